The van der Waals surface area contributed by atoms with Crippen molar-refractivity contribution in [3.63, 3.8) is 0 Å². The van der Waals surface area contributed by atoms with E-state index in [-0.39, 0.29) is 52.4 Å². The summed E-state index contributed by atoms with van der Waals surface area (Å²) in [6, 6.07) is 12.7. The predicted octanol–water partition coefficient (Wildman–Crippen LogP) is 5.42. The molecule has 2 aromatic carbocycles. The van der Waals surface area contributed by atoms with Crippen molar-refractivity contribution < 1.29 is 32.3 Å². The summed E-state index contributed by atoms with van der Waals surface area (Å²) in [5, 5.41) is 5.80. The lowest BCUT2D eigenvalue weighted by molar-refractivity contribution is -0.135. The van der Waals surface area contributed by atoms with Gasteiger partial charge in [-0.3, -0.25) is 48.6 Å². The second kappa shape index (κ2) is 18.0. The summed E-state index contributed by atoms with van der Waals surface area (Å²) < 4.78 is 49.7. The lowest BCUT2D eigenvalue weighted by Crippen LogP contribution is -2.54. The van der Waals surface area contributed by atoms with Crippen LogP contribution in [0.5, 0.6) is 0 Å². The molecule has 5 fully saturated rings. The van der Waals surface area contributed by atoms with Crippen molar-refractivity contribution in [3.05, 3.63) is 111 Å². The van der Waals surface area contributed by atoms with Gasteiger partial charge in [-0.25, -0.2) is 18.2 Å². The van der Waals surface area contributed by atoms with E-state index in [1.807, 2.05) is 29.8 Å². The second-order valence-corrected chi connectivity index (χ2v) is 20.1. The third-order valence-electron chi connectivity index (χ3n) is 16.1. The van der Waals surface area contributed by atoms with E-state index in [4.69, 9.17) is 0 Å². The van der Waals surface area contributed by atoms with Crippen LogP contribution in [0.1, 0.15) is 84.5 Å². The summed E-state index contributed by atoms with van der Waals surface area (Å²) in [6.07, 6.45) is 7.51. The molecule has 1 atom stereocenters. The maximum Gasteiger partial charge on any atom is 0.257 e. The van der Waals surface area contributed by atoms with Crippen LogP contribution in [0.3, 0.4) is 0 Å². The maximum atomic E-state index is 15.9. The predicted molar refractivity (Wildman–Crippen MR) is 258 cm³/mol. The minimum Gasteiger partial charge on any atom is -0.386 e. The third-order valence-corrected chi connectivity index (χ3v) is 16.1. The van der Waals surface area contributed by atoms with Crippen LogP contribution in [0, 0.1) is 23.4 Å². The fourth-order valence-electron chi connectivity index (χ4n) is 11.9. The highest BCUT2D eigenvalue weighted by Crippen LogP contribution is 2.58. The van der Waals surface area contributed by atoms with Crippen molar-refractivity contribution in [3.8, 4) is 5.69 Å². The molecular weight excluding hydrogens is 902 g/mol. The molecular formula is C52H57F3N10O5. The number of likely N-dealkylation sites (tertiary alicyclic amines) is 2. The number of imide groups is 1. The van der Waals surface area contributed by atoms with Crippen LogP contribution in [0.25, 0.3) is 16.7 Å². The Morgan fingerprint density at radius 3 is 2.23 bits per heavy atom. The van der Waals surface area contributed by atoms with Gasteiger partial charge >= 0.3 is 0 Å². The molecule has 5 aliphatic heterocycles. The van der Waals surface area contributed by atoms with Gasteiger partial charge in [-0.2, -0.15) is 0 Å². The van der Waals surface area contributed by atoms with Crippen LogP contribution in [-0.2, 0) is 33.4 Å². The van der Waals surface area contributed by atoms with Crippen LogP contribution in [0.15, 0.2) is 65.7 Å². The molecule has 6 aliphatic rings. The first-order valence-corrected chi connectivity index (χ1v) is 24.6. The number of rotatable bonds is 10. The molecule has 70 heavy (non-hydrogen) atoms. The van der Waals surface area contributed by atoms with E-state index >= 15 is 8.78 Å². The van der Waals surface area contributed by atoms with E-state index in [1.54, 1.807) is 29.1 Å². The minimum absolute atomic E-state index is 0.0321. The average Bonchev–Trinajstić information content (AvgIpc) is 4.06. The Kier molecular flexibility index (Phi) is 11.8. The molecule has 4 amide bonds. The zero-order valence-corrected chi connectivity index (χ0v) is 39.5. The highest BCUT2D eigenvalue weighted by atomic mass is 19.1. The highest BCUT2D eigenvalue weighted by Gasteiger charge is 2.61. The van der Waals surface area contributed by atoms with Crippen molar-refractivity contribution in [2.45, 2.75) is 75.3 Å². The Morgan fingerprint density at radius 2 is 1.54 bits per heavy atom. The quantitative estimate of drug-likeness (QED) is 0.174. The molecule has 11 rings (SSSR count). The summed E-state index contributed by atoms with van der Waals surface area (Å²) in [5.41, 5.74) is 4.16. The van der Waals surface area contributed by atoms with Gasteiger partial charge in [0.2, 0.25) is 17.7 Å². The number of fused-ring (bicyclic) bond motifs is 3. The first kappa shape index (κ1) is 45.9. The Hall–Kier alpha value is -6.53. The van der Waals surface area contributed by atoms with E-state index < -0.39 is 34.8 Å². The minimum atomic E-state index is -0.688. The first-order chi connectivity index (χ1) is 33.8. The Bertz CT molecular complexity index is 2980. The normalized spacial score (nSPS) is 21.2. The lowest BCUT2D eigenvalue weighted by atomic mass is 9.87. The molecule has 1 aliphatic carbocycles. The topological polar surface area (TPSA) is 148 Å². The van der Waals surface area contributed by atoms with E-state index in [2.05, 4.69) is 36.4 Å². The molecule has 8 heterocycles. The van der Waals surface area contributed by atoms with Crippen LogP contribution in [-0.4, -0.2) is 124 Å². The number of halogens is 3. The molecule has 0 radical (unpaired) electrons. The number of benzene rings is 2. The van der Waals surface area contributed by atoms with Gasteiger partial charge in [-0.15, -0.1) is 0 Å². The summed E-state index contributed by atoms with van der Waals surface area (Å²) in [7, 11) is 3.45. The van der Waals surface area contributed by atoms with Crippen LogP contribution in [0.2, 0.25) is 0 Å². The highest BCUT2D eigenvalue weighted by molar-refractivity contribution is 6.15. The zero-order valence-electron chi connectivity index (χ0n) is 39.5. The molecule has 366 valence electrons. The van der Waals surface area contributed by atoms with Gasteiger partial charge in [-0.1, -0.05) is 0 Å². The molecule has 0 unspecified atom stereocenters. The lowest BCUT2D eigenvalue weighted by Gasteiger charge is -2.40. The number of nitrogens with zero attached hydrogens (tertiary/aromatic N) is 8. The van der Waals surface area contributed by atoms with E-state index in [0.29, 0.717) is 74.6 Å². The number of carbonyl (C=O) groups is 4. The summed E-state index contributed by atoms with van der Waals surface area (Å²) in [6.45, 7) is 7.09. The molecule has 4 saturated heterocycles. The van der Waals surface area contributed by atoms with Crippen LogP contribution >= 0.6 is 0 Å². The largest absolute Gasteiger partial charge is 0.386 e. The van der Waals surface area contributed by atoms with Crippen molar-refractivity contribution in [2.24, 2.45) is 13.0 Å². The number of amides is 4. The molecule has 3 aromatic heterocycles. The molecule has 18 heteroatoms. The smallest absolute Gasteiger partial charge is 0.257 e. The standard InChI is InChI=1S/C52H57F3N10O5/c1-56-41-27-46(67)64(30-40(41)55)42-7-14-57-48-36(42)25-35(59(48)2)29-60-15-10-32(11-16-60)47-38(53)23-33(24-39(47)54)50(69)63-17-8-31(9-18-63)28-61-19-21-62(22-20-61)34-3-4-43-37(26-34)52(12-13-52)51(70)65(43)44-5-6-45(66)58-49(44)68/h3-4,7,14,23-27,30-32,44,56H,5-6,8-13,15-22,28-29H2,1-2H3,(H,58,66,68)/t44-/m0/s1. The summed E-state index contributed by atoms with van der Waals surface area (Å²) in [4.78, 5) is 79.8. The van der Waals surface area contributed by atoms with Gasteiger partial charge < -0.3 is 19.7 Å². The van der Waals surface area contributed by atoms with Gasteiger partial charge in [0.1, 0.15) is 23.3 Å². The fraction of sp³-hybridized carbons (Fsp3) is 0.462. The monoisotopic (exact) mass is 958 g/mol. The molecule has 5 aromatic rings. The second-order valence-electron chi connectivity index (χ2n) is 20.1. The number of anilines is 3. The SMILES string of the molecule is CNc1cc(=O)n(-c2ccnc3c2cc(CN2CCC(c4c(F)cc(C(=O)N5CCC(CN6CCN(c7ccc8c(c7)C7(CC7)C(=O)N8[C@H]7CCC(=O)NC7=O)CC6)CC5)cc4F)CC2)n3C)cc1F. The molecule has 1 spiro atoms. The van der Waals surface area contributed by atoms with Crippen LogP contribution in [0.4, 0.5) is 30.2 Å². The Labute approximate surface area is 403 Å². The maximum absolute atomic E-state index is 15.9. The van der Waals surface area contributed by atoms with Crippen molar-refractivity contribution in [1.82, 2.24) is 34.1 Å². The van der Waals surface area contributed by atoms with Gasteiger partial charge in [-0.05, 0) is 118 Å². The zero-order chi connectivity index (χ0) is 48.6. The van der Waals surface area contributed by atoms with Gasteiger partial charge in [0, 0.05) is 119 Å². The van der Waals surface area contributed by atoms with E-state index in [9.17, 15) is 28.4 Å². The third kappa shape index (κ3) is 8.11. The number of aryl methyl sites for hydroxylation is 1. The molecule has 1 saturated carbocycles. The van der Waals surface area contributed by atoms with Crippen molar-refractivity contribution in [1.29, 1.82) is 0 Å². The Balaban J connectivity index is 0.660. The number of nitrogens with one attached hydrogen (secondary N) is 2. The molecule has 2 N–H and O–H groups in total. The van der Waals surface area contributed by atoms with Gasteiger partial charge in [0.15, 0.2) is 5.82 Å². The van der Waals surface area contributed by atoms with Crippen LogP contribution < -0.4 is 26.0 Å². The van der Waals surface area contributed by atoms with Gasteiger partial charge in [0.25, 0.3) is 11.5 Å². The molecule has 0 bridgehead atoms. The summed E-state index contributed by atoms with van der Waals surface area (Å²) in [5.74, 6) is -2.97. The number of aromatic nitrogens is 3. The number of hydrogen-bond acceptors (Lipinski definition) is 10. The number of pyridine rings is 2. The number of carbonyl (C=O) groups excluding carboxylic acids is 4. The van der Waals surface area contributed by atoms with E-state index in [0.717, 1.165) is 81.0 Å². The van der Waals surface area contributed by atoms with Crippen molar-refractivity contribution in [2.75, 3.05) is 81.1 Å². The van der Waals surface area contributed by atoms with Crippen molar-refractivity contribution >= 4 is 51.7 Å². The summed E-state index contributed by atoms with van der Waals surface area (Å²) >= 11 is 0. The number of piperidine rings is 3. The molecule has 15 nitrogen and oxygen atoms in total. The average molecular weight is 959 g/mol. The number of hydrogen-bond donors (Lipinski definition) is 2. The first-order valence-electron chi connectivity index (χ1n) is 24.6. The van der Waals surface area contributed by atoms with Gasteiger partial charge in [0.05, 0.1) is 23.0 Å². The Morgan fingerprint density at radius 1 is 0.814 bits per heavy atom. The van der Waals surface area contributed by atoms with E-state index in [1.165, 1.54) is 29.0 Å². The number of piperazine rings is 1. The fourth-order valence-corrected chi connectivity index (χ4v) is 11.9.